The second-order valence-corrected chi connectivity index (χ2v) is 7.88. The third kappa shape index (κ3) is 5.04. The van der Waals surface area contributed by atoms with Crippen LogP contribution in [0, 0.1) is 0 Å². The normalized spacial score (nSPS) is 12.6. The van der Waals surface area contributed by atoms with Crippen LogP contribution in [0.15, 0.2) is 54.6 Å². The molecule has 0 heterocycles. The zero-order valence-corrected chi connectivity index (χ0v) is 16.3. The fourth-order valence-corrected chi connectivity index (χ4v) is 4.81. The average molecular weight is 376 g/mol. The van der Waals surface area contributed by atoms with Crippen molar-refractivity contribution in [2.75, 3.05) is 20.3 Å². The Hall–Kier alpha value is -1.94. The number of methoxy groups -OCH3 is 1. The van der Waals surface area contributed by atoms with Gasteiger partial charge < -0.3 is 13.8 Å². The van der Waals surface area contributed by atoms with Gasteiger partial charge in [0, 0.05) is 12.0 Å². The summed E-state index contributed by atoms with van der Waals surface area (Å²) in [6.07, 6.45) is 0.0353. The summed E-state index contributed by atoms with van der Waals surface area (Å²) in [5, 5.41) is 0. The SMILES string of the molecule is CCOP(=O)(OCC)[C@@H](CC(=O)c1ccccc1)c1ccc(OC)cc1. The molecule has 0 bridgehead atoms. The van der Waals surface area contributed by atoms with Gasteiger partial charge in [-0.3, -0.25) is 9.36 Å². The van der Waals surface area contributed by atoms with Crippen LogP contribution in [0.4, 0.5) is 0 Å². The van der Waals surface area contributed by atoms with Crippen molar-refractivity contribution in [3.05, 3.63) is 65.7 Å². The number of hydrogen-bond acceptors (Lipinski definition) is 5. The third-order valence-electron chi connectivity index (χ3n) is 3.97. The lowest BCUT2D eigenvalue weighted by Crippen LogP contribution is -2.12. The van der Waals surface area contributed by atoms with Crippen LogP contribution in [0.5, 0.6) is 5.75 Å². The Labute approximate surface area is 154 Å². The second-order valence-electron chi connectivity index (χ2n) is 5.66. The molecule has 2 aromatic rings. The van der Waals surface area contributed by atoms with Gasteiger partial charge in [0.15, 0.2) is 5.78 Å². The van der Waals surface area contributed by atoms with Gasteiger partial charge in [-0.25, -0.2) is 0 Å². The fraction of sp³-hybridized carbons (Fsp3) is 0.350. The van der Waals surface area contributed by atoms with Crippen LogP contribution in [-0.2, 0) is 13.6 Å². The van der Waals surface area contributed by atoms with Gasteiger partial charge >= 0.3 is 7.60 Å². The molecular formula is C20H25O5P. The van der Waals surface area contributed by atoms with Gasteiger partial charge in [-0.2, -0.15) is 0 Å². The van der Waals surface area contributed by atoms with Crippen molar-refractivity contribution in [3.63, 3.8) is 0 Å². The van der Waals surface area contributed by atoms with Crippen molar-refractivity contribution in [2.45, 2.75) is 25.9 Å². The van der Waals surface area contributed by atoms with E-state index in [0.29, 0.717) is 11.3 Å². The Balaban J connectivity index is 2.39. The van der Waals surface area contributed by atoms with Crippen molar-refractivity contribution < 1.29 is 23.1 Å². The van der Waals surface area contributed by atoms with Crippen molar-refractivity contribution in [2.24, 2.45) is 0 Å². The van der Waals surface area contributed by atoms with Gasteiger partial charge in [-0.15, -0.1) is 0 Å². The van der Waals surface area contributed by atoms with Gasteiger partial charge in [0.2, 0.25) is 0 Å². The molecule has 2 rings (SSSR count). The van der Waals surface area contributed by atoms with Gasteiger partial charge in [0.05, 0.1) is 26.0 Å². The summed E-state index contributed by atoms with van der Waals surface area (Å²) in [5.41, 5.74) is 0.617. The monoisotopic (exact) mass is 376 g/mol. The van der Waals surface area contributed by atoms with E-state index < -0.39 is 13.3 Å². The number of benzene rings is 2. The highest BCUT2D eigenvalue weighted by atomic mass is 31.2. The molecule has 0 spiro atoms. The molecule has 0 aliphatic carbocycles. The van der Waals surface area contributed by atoms with E-state index in [-0.39, 0.29) is 25.4 Å². The Morgan fingerprint density at radius 3 is 2.04 bits per heavy atom. The van der Waals surface area contributed by atoms with Crippen LogP contribution in [0.1, 0.15) is 41.8 Å². The van der Waals surface area contributed by atoms with Crippen molar-refractivity contribution in [1.29, 1.82) is 0 Å². The van der Waals surface area contributed by atoms with Crippen molar-refractivity contribution >= 4 is 13.4 Å². The molecule has 0 amide bonds. The van der Waals surface area contributed by atoms with E-state index in [2.05, 4.69) is 0 Å². The lowest BCUT2D eigenvalue weighted by Gasteiger charge is -2.26. The lowest BCUT2D eigenvalue weighted by atomic mass is 10.0. The highest BCUT2D eigenvalue weighted by Crippen LogP contribution is 2.62. The van der Waals surface area contributed by atoms with Crippen molar-refractivity contribution in [3.8, 4) is 5.75 Å². The molecule has 26 heavy (non-hydrogen) atoms. The van der Waals surface area contributed by atoms with Crippen LogP contribution in [0.25, 0.3) is 0 Å². The lowest BCUT2D eigenvalue weighted by molar-refractivity contribution is 0.0973. The summed E-state index contributed by atoms with van der Waals surface area (Å²) in [6, 6.07) is 16.1. The highest BCUT2D eigenvalue weighted by Gasteiger charge is 2.38. The Morgan fingerprint density at radius 1 is 0.962 bits per heavy atom. The number of hydrogen-bond donors (Lipinski definition) is 0. The number of carbonyl (C=O) groups is 1. The molecule has 140 valence electrons. The predicted octanol–water partition coefficient (Wildman–Crippen LogP) is 5.28. The summed E-state index contributed by atoms with van der Waals surface area (Å²) in [6.45, 7) is 4.00. The first kappa shape index (κ1) is 20.4. The van der Waals surface area contributed by atoms with Crippen LogP contribution < -0.4 is 4.74 Å². The average Bonchev–Trinajstić information content (AvgIpc) is 2.67. The molecule has 0 aliphatic heterocycles. The van der Waals surface area contributed by atoms with E-state index in [1.165, 1.54) is 0 Å². The largest absolute Gasteiger partial charge is 0.497 e. The Bertz CT molecular complexity index is 733. The molecule has 0 N–H and O–H groups in total. The minimum atomic E-state index is -3.51. The number of carbonyl (C=O) groups excluding carboxylic acids is 1. The second kappa shape index (κ2) is 9.67. The summed E-state index contributed by atoms with van der Waals surface area (Å²) in [5.74, 6) is 0.579. The Morgan fingerprint density at radius 2 is 1.54 bits per heavy atom. The minimum Gasteiger partial charge on any atom is -0.497 e. The van der Waals surface area contributed by atoms with E-state index in [1.54, 1.807) is 69.5 Å². The van der Waals surface area contributed by atoms with E-state index >= 15 is 0 Å². The zero-order valence-electron chi connectivity index (χ0n) is 15.4. The molecule has 0 unspecified atom stereocenters. The molecule has 0 radical (unpaired) electrons. The molecule has 6 heteroatoms. The van der Waals surface area contributed by atoms with Crippen molar-refractivity contribution in [1.82, 2.24) is 0 Å². The summed E-state index contributed by atoms with van der Waals surface area (Å²) in [7, 11) is -1.93. The topological polar surface area (TPSA) is 61.8 Å². The number of rotatable bonds is 10. The third-order valence-corrected chi connectivity index (χ3v) is 6.46. The first-order valence-electron chi connectivity index (χ1n) is 8.65. The maximum Gasteiger partial charge on any atom is 0.338 e. The quantitative estimate of drug-likeness (QED) is 0.417. The predicted molar refractivity (Wildman–Crippen MR) is 102 cm³/mol. The van der Waals surface area contributed by atoms with Gasteiger partial charge in [0.1, 0.15) is 5.75 Å². The summed E-state index contributed by atoms with van der Waals surface area (Å²) < 4.78 is 29.6. The molecule has 2 aromatic carbocycles. The van der Waals surface area contributed by atoms with E-state index in [9.17, 15) is 9.36 Å². The highest BCUT2D eigenvalue weighted by molar-refractivity contribution is 7.54. The van der Waals surface area contributed by atoms with Crippen LogP contribution >= 0.6 is 7.60 Å². The fourth-order valence-electron chi connectivity index (χ4n) is 2.73. The first-order chi connectivity index (χ1) is 12.5. The molecule has 0 fully saturated rings. The number of ketones is 1. The summed E-state index contributed by atoms with van der Waals surface area (Å²) in [4.78, 5) is 12.7. The van der Waals surface area contributed by atoms with E-state index in [0.717, 1.165) is 5.56 Å². The molecule has 0 saturated carbocycles. The maximum absolute atomic E-state index is 13.4. The molecule has 1 atom stereocenters. The van der Waals surface area contributed by atoms with Gasteiger partial charge in [0.25, 0.3) is 0 Å². The smallest absolute Gasteiger partial charge is 0.338 e. The standard InChI is InChI=1S/C20H25O5P/c1-4-24-26(22,25-5-2)20(17-11-13-18(23-3)14-12-17)15-19(21)16-9-7-6-8-10-16/h6-14,20H,4-5,15H2,1-3H3/t20-/m0/s1. The first-order valence-corrected chi connectivity index (χ1v) is 10.3. The molecule has 0 aliphatic rings. The van der Waals surface area contributed by atoms with E-state index in [1.807, 2.05) is 6.07 Å². The van der Waals surface area contributed by atoms with Gasteiger partial charge in [-0.05, 0) is 31.5 Å². The molecular weight excluding hydrogens is 351 g/mol. The molecule has 5 nitrogen and oxygen atoms in total. The number of Topliss-reactive ketones (excluding diaryl/α,β-unsaturated/α-hetero) is 1. The summed E-state index contributed by atoms with van der Waals surface area (Å²) >= 11 is 0. The molecule has 0 saturated heterocycles. The minimum absolute atomic E-state index is 0.0353. The van der Waals surface area contributed by atoms with Crippen LogP contribution in [0.2, 0.25) is 0 Å². The Kier molecular flexibility index (Phi) is 7.58. The molecule has 0 aromatic heterocycles. The number of ether oxygens (including phenoxy) is 1. The maximum atomic E-state index is 13.4. The van der Waals surface area contributed by atoms with Crippen LogP contribution in [0.3, 0.4) is 0 Å². The van der Waals surface area contributed by atoms with Gasteiger partial charge in [-0.1, -0.05) is 42.5 Å². The van der Waals surface area contributed by atoms with Crippen LogP contribution in [-0.4, -0.2) is 26.1 Å². The van der Waals surface area contributed by atoms with E-state index in [4.69, 9.17) is 13.8 Å². The zero-order chi connectivity index (χ0) is 19.0.